The Labute approximate surface area is 76.8 Å². The monoisotopic (exact) mass is 176 g/mol. The Morgan fingerprint density at radius 2 is 1.92 bits per heavy atom. The number of rotatable bonds is 0. The fourth-order valence-corrected chi connectivity index (χ4v) is 1.57. The van der Waals surface area contributed by atoms with Gasteiger partial charge in [-0.2, -0.15) is 0 Å². The van der Waals surface area contributed by atoms with Crippen molar-refractivity contribution >= 4 is 22.4 Å². The van der Waals surface area contributed by atoms with Crippen molar-refractivity contribution in [3.63, 3.8) is 0 Å². The highest BCUT2D eigenvalue weighted by Gasteiger charge is 1.96. The number of halogens is 1. The van der Waals surface area contributed by atoms with Crippen LogP contribution >= 0.6 is 11.6 Å². The van der Waals surface area contributed by atoms with Crippen LogP contribution in [0, 0.1) is 6.92 Å². The molecule has 0 saturated carbocycles. The van der Waals surface area contributed by atoms with Gasteiger partial charge in [0.1, 0.15) is 0 Å². The Balaban J connectivity index is 2.88. The summed E-state index contributed by atoms with van der Waals surface area (Å²) in [6, 6.07) is 12.2. The van der Waals surface area contributed by atoms with E-state index in [4.69, 9.17) is 11.6 Å². The minimum atomic E-state index is 0.803. The fraction of sp³-hybridized carbons (Fsp3) is 0.0909. The van der Waals surface area contributed by atoms with E-state index >= 15 is 0 Å². The second kappa shape index (κ2) is 2.80. The lowest BCUT2D eigenvalue weighted by atomic mass is 10.1. The lowest BCUT2D eigenvalue weighted by Gasteiger charge is -2.00. The van der Waals surface area contributed by atoms with E-state index in [1.165, 1.54) is 16.3 Å². The zero-order valence-corrected chi connectivity index (χ0v) is 7.60. The van der Waals surface area contributed by atoms with Crippen LogP contribution < -0.4 is 0 Å². The third kappa shape index (κ3) is 1.19. The van der Waals surface area contributed by atoms with E-state index in [0.717, 1.165) is 5.02 Å². The van der Waals surface area contributed by atoms with Crippen LogP contribution in [0.15, 0.2) is 36.4 Å². The Morgan fingerprint density at radius 3 is 2.75 bits per heavy atom. The number of hydrogen-bond acceptors (Lipinski definition) is 0. The summed E-state index contributed by atoms with van der Waals surface area (Å²) in [6.45, 7) is 2.10. The predicted molar refractivity (Wildman–Crippen MR) is 53.7 cm³/mol. The molecule has 0 nitrogen and oxygen atoms in total. The molecule has 0 atom stereocenters. The highest BCUT2D eigenvalue weighted by Crippen LogP contribution is 2.21. The summed E-state index contributed by atoms with van der Waals surface area (Å²) in [5, 5.41) is 3.29. The molecule has 0 bridgehead atoms. The minimum absolute atomic E-state index is 0.803. The Morgan fingerprint density at radius 1 is 1.08 bits per heavy atom. The van der Waals surface area contributed by atoms with E-state index in [-0.39, 0.29) is 0 Å². The normalized spacial score (nSPS) is 10.5. The van der Waals surface area contributed by atoms with E-state index in [2.05, 4.69) is 25.1 Å². The smallest absolute Gasteiger partial charge is 0.0412 e. The standard InChI is InChI=1S/C11H9Cl/c1-8-3-2-4-9-5-6-10(12)7-11(8)9/h2-7H,1H3. The predicted octanol–water partition coefficient (Wildman–Crippen LogP) is 3.80. The second-order valence-electron chi connectivity index (χ2n) is 2.94. The first-order valence-corrected chi connectivity index (χ1v) is 4.30. The summed E-state index contributed by atoms with van der Waals surface area (Å²) >= 11 is 5.89. The molecule has 0 N–H and O–H groups in total. The van der Waals surface area contributed by atoms with Gasteiger partial charge in [-0.3, -0.25) is 0 Å². The molecule has 2 aromatic rings. The molecule has 12 heavy (non-hydrogen) atoms. The van der Waals surface area contributed by atoms with Crippen molar-refractivity contribution in [2.24, 2.45) is 0 Å². The number of benzene rings is 2. The van der Waals surface area contributed by atoms with Crippen LogP contribution in [0.3, 0.4) is 0 Å². The molecule has 0 spiro atoms. The molecule has 1 heteroatoms. The Hall–Kier alpha value is -1.01. The molecule has 2 aromatic carbocycles. The topological polar surface area (TPSA) is 0 Å². The van der Waals surface area contributed by atoms with Gasteiger partial charge in [0.25, 0.3) is 0 Å². The van der Waals surface area contributed by atoms with Gasteiger partial charge in [-0.1, -0.05) is 35.9 Å². The summed E-state index contributed by atoms with van der Waals surface area (Å²) in [5.74, 6) is 0. The van der Waals surface area contributed by atoms with Gasteiger partial charge in [-0.15, -0.1) is 0 Å². The molecule has 60 valence electrons. The van der Waals surface area contributed by atoms with Gasteiger partial charge in [-0.05, 0) is 35.4 Å². The summed E-state index contributed by atoms with van der Waals surface area (Å²) in [7, 11) is 0. The van der Waals surface area contributed by atoms with Crippen LogP contribution in [0.1, 0.15) is 5.56 Å². The van der Waals surface area contributed by atoms with Gasteiger partial charge < -0.3 is 0 Å². The number of fused-ring (bicyclic) bond motifs is 1. The molecule has 0 aliphatic heterocycles. The van der Waals surface area contributed by atoms with Crippen molar-refractivity contribution in [1.29, 1.82) is 0 Å². The van der Waals surface area contributed by atoms with E-state index in [9.17, 15) is 0 Å². The lowest BCUT2D eigenvalue weighted by molar-refractivity contribution is 1.53. The van der Waals surface area contributed by atoms with Gasteiger partial charge in [0.15, 0.2) is 0 Å². The first kappa shape index (κ1) is 7.63. The summed E-state index contributed by atoms with van der Waals surface area (Å²) in [4.78, 5) is 0. The van der Waals surface area contributed by atoms with Gasteiger partial charge >= 0.3 is 0 Å². The molecule has 0 aliphatic rings. The van der Waals surface area contributed by atoms with Crippen LogP contribution in [0.4, 0.5) is 0 Å². The quantitative estimate of drug-likeness (QED) is 0.573. The molecule has 0 aromatic heterocycles. The molecule has 0 fully saturated rings. The molecule has 0 radical (unpaired) electrons. The molecule has 2 rings (SSSR count). The molecule has 0 aliphatic carbocycles. The van der Waals surface area contributed by atoms with Crippen molar-refractivity contribution in [3.8, 4) is 0 Å². The highest BCUT2D eigenvalue weighted by molar-refractivity contribution is 6.31. The second-order valence-corrected chi connectivity index (χ2v) is 3.38. The molecule has 0 saturated heterocycles. The van der Waals surface area contributed by atoms with Crippen LogP contribution in [0.5, 0.6) is 0 Å². The van der Waals surface area contributed by atoms with Gasteiger partial charge in [0.05, 0.1) is 0 Å². The number of hydrogen-bond donors (Lipinski definition) is 0. The molecule has 0 amide bonds. The minimum Gasteiger partial charge on any atom is -0.0843 e. The largest absolute Gasteiger partial charge is 0.0843 e. The van der Waals surface area contributed by atoms with E-state index < -0.39 is 0 Å². The van der Waals surface area contributed by atoms with Crippen molar-refractivity contribution in [1.82, 2.24) is 0 Å². The maximum Gasteiger partial charge on any atom is 0.0412 e. The molecule has 0 unspecified atom stereocenters. The van der Waals surface area contributed by atoms with Gasteiger partial charge in [-0.25, -0.2) is 0 Å². The zero-order chi connectivity index (χ0) is 8.55. The van der Waals surface area contributed by atoms with E-state index in [1.807, 2.05) is 18.2 Å². The van der Waals surface area contributed by atoms with E-state index in [0.29, 0.717) is 0 Å². The van der Waals surface area contributed by atoms with Crippen LogP contribution in [-0.4, -0.2) is 0 Å². The average Bonchev–Trinajstić information content (AvgIpc) is 2.07. The van der Waals surface area contributed by atoms with Crippen molar-refractivity contribution in [2.75, 3.05) is 0 Å². The Bertz CT molecular complexity index is 418. The van der Waals surface area contributed by atoms with Crippen LogP contribution in [0.2, 0.25) is 5.02 Å². The van der Waals surface area contributed by atoms with Gasteiger partial charge in [0.2, 0.25) is 0 Å². The van der Waals surface area contributed by atoms with Crippen LogP contribution in [-0.2, 0) is 0 Å². The fourth-order valence-electron chi connectivity index (χ4n) is 1.40. The van der Waals surface area contributed by atoms with Crippen molar-refractivity contribution in [3.05, 3.63) is 47.0 Å². The maximum atomic E-state index is 5.89. The summed E-state index contributed by atoms with van der Waals surface area (Å²) < 4.78 is 0. The summed E-state index contributed by atoms with van der Waals surface area (Å²) in [6.07, 6.45) is 0. The first-order valence-electron chi connectivity index (χ1n) is 3.92. The summed E-state index contributed by atoms with van der Waals surface area (Å²) in [5.41, 5.74) is 1.27. The maximum absolute atomic E-state index is 5.89. The van der Waals surface area contributed by atoms with Crippen molar-refractivity contribution < 1.29 is 0 Å². The molecular weight excluding hydrogens is 168 g/mol. The van der Waals surface area contributed by atoms with Crippen molar-refractivity contribution in [2.45, 2.75) is 6.92 Å². The SMILES string of the molecule is Cc1cccc2ccc(Cl)cc12. The third-order valence-corrected chi connectivity index (χ3v) is 2.30. The molecular formula is C11H9Cl. The average molecular weight is 177 g/mol. The molecule has 0 heterocycles. The lowest BCUT2D eigenvalue weighted by Crippen LogP contribution is -1.76. The first-order chi connectivity index (χ1) is 5.77. The van der Waals surface area contributed by atoms with E-state index in [1.54, 1.807) is 0 Å². The third-order valence-electron chi connectivity index (χ3n) is 2.06. The van der Waals surface area contributed by atoms with Crippen LogP contribution in [0.25, 0.3) is 10.8 Å². The highest BCUT2D eigenvalue weighted by atomic mass is 35.5. The Kier molecular flexibility index (Phi) is 1.78. The zero-order valence-electron chi connectivity index (χ0n) is 6.84. The van der Waals surface area contributed by atoms with Gasteiger partial charge in [0, 0.05) is 5.02 Å². The number of aryl methyl sites for hydroxylation is 1.